The number of nitrogens with zero attached hydrogens (tertiary/aromatic N) is 2. The average molecular weight is 382 g/mol. The van der Waals surface area contributed by atoms with E-state index in [1.807, 2.05) is 12.1 Å². The maximum atomic E-state index is 13.6. The molecule has 0 fully saturated rings. The van der Waals surface area contributed by atoms with E-state index in [1.165, 1.54) is 23.9 Å². The molecule has 0 spiro atoms. The van der Waals surface area contributed by atoms with E-state index in [-0.39, 0.29) is 5.82 Å². The van der Waals surface area contributed by atoms with E-state index in [1.54, 1.807) is 26.4 Å². The van der Waals surface area contributed by atoms with Crippen LogP contribution < -0.4 is 20.1 Å². The molecule has 3 aromatic rings. The first-order valence-corrected chi connectivity index (χ1v) is 8.67. The molecule has 1 amide bonds. The molecule has 1 aliphatic carbocycles. The second kappa shape index (κ2) is 6.88. The third kappa shape index (κ3) is 2.83. The number of nitrogens with one attached hydrogen (secondary N) is 2. The van der Waals surface area contributed by atoms with Gasteiger partial charge in [0.2, 0.25) is 0 Å². The molecule has 1 aromatic heterocycles. The van der Waals surface area contributed by atoms with Crippen LogP contribution in [0.5, 0.6) is 11.5 Å². The molecule has 2 N–H and O–H groups in total. The molecule has 0 radical (unpaired) electrons. The van der Waals surface area contributed by atoms with E-state index in [0.717, 1.165) is 16.7 Å². The normalized spacial score (nSPS) is 11.6. The largest absolute Gasteiger partial charge is 0.493 e. The molecule has 8 heteroatoms. The number of hydrogen-bond acceptors (Lipinski definition) is 5. The van der Waals surface area contributed by atoms with Crippen LogP contribution in [-0.4, -0.2) is 37.1 Å². The number of carbonyl (C=O) groups excluding carboxylic acids is 1. The van der Waals surface area contributed by atoms with Gasteiger partial charge in [0.15, 0.2) is 11.5 Å². The third-order valence-corrected chi connectivity index (χ3v) is 4.71. The van der Waals surface area contributed by atoms with Gasteiger partial charge in [-0.2, -0.15) is 9.78 Å². The zero-order chi connectivity index (χ0) is 19.8. The zero-order valence-corrected chi connectivity index (χ0v) is 15.7. The minimum absolute atomic E-state index is 0.370. The highest BCUT2D eigenvalue weighted by molar-refractivity contribution is 5.88. The van der Waals surface area contributed by atoms with E-state index < -0.39 is 6.03 Å². The fourth-order valence-electron chi connectivity index (χ4n) is 3.40. The first-order valence-electron chi connectivity index (χ1n) is 8.67. The number of methoxy groups -OCH3 is 2. The van der Waals surface area contributed by atoms with Crippen LogP contribution in [-0.2, 0) is 6.42 Å². The summed E-state index contributed by atoms with van der Waals surface area (Å²) in [5.74, 6) is 1.34. The molecule has 28 heavy (non-hydrogen) atoms. The molecule has 144 valence electrons. The summed E-state index contributed by atoms with van der Waals surface area (Å²) in [4.78, 5) is 12.4. The Kier molecular flexibility index (Phi) is 4.38. The zero-order valence-electron chi connectivity index (χ0n) is 15.7. The van der Waals surface area contributed by atoms with Gasteiger partial charge in [-0.3, -0.25) is 0 Å². The van der Waals surface area contributed by atoms with Gasteiger partial charge in [0, 0.05) is 30.3 Å². The molecule has 7 nitrogen and oxygen atoms in total. The predicted molar refractivity (Wildman–Crippen MR) is 103 cm³/mol. The average Bonchev–Trinajstić information content (AvgIpc) is 3.22. The van der Waals surface area contributed by atoms with Crippen LogP contribution in [0.15, 0.2) is 36.4 Å². The van der Waals surface area contributed by atoms with Crippen LogP contribution in [0.2, 0.25) is 0 Å². The van der Waals surface area contributed by atoms with E-state index in [2.05, 4.69) is 15.7 Å². The molecule has 0 atom stereocenters. The molecule has 4 rings (SSSR count). The SMILES string of the molecule is CNC(=O)n1nc2c(c1Nc1cccc(F)c1)Cc1cc(OC)c(OC)cc1-2. The van der Waals surface area contributed by atoms with Crippen molar-refractivity contribution in [3.63, 3.8) is 0 Å². The summed E-state index contributed by atoms with van der Waals surface area (Å²) >= 11 is 0. The minimum atomic E-state index is -0.393. The quantitative estimate of drug-likeness (QED) is 0.565. The lowest BCUT2D eigenvalue weighted by Gasteiger charge is -2.12. The summed E-state index contributed by atoms with van der Waals surface area (Å²) in [6.45, 7) is 0. The van der Waals surface area contributed by atoms with Gasteiger partial charge < -0.3 is 20.1 Å². The van der Waals surface area contributed by atoms with Crippen molar-refractivity contribution in [2.45, 2.75) is 6.42 Å². The van der Waals surface area contributed by atoms with Crippen LogP contribution in [0.3, 0.4) is 0 Å². The first-order chi connectivity index (χ1) is 13.5. The summed E-state index contributed by atoms with van der Waals surface area (Å²) in [7, 11) is 4.68. The molecule has 1 heterocycles. The van der Waals surface area contributed by atoms with E-state index >= 15 is 0 Å². The molecular weight excluding hydrogens is 363 g/mol. The monoisotopic (exact) mass is 382 g/mol. The number of rotatable bonds is 4. The number of halogens is 1. The van der Waals surface area contributed by atoms with Crippen molar-refractivity contribution in [1.82, 2.24) is 15.1 Å². The third-order valence-electron chi connectivity index (χ3n) is 4.71. The number of amides is 1. The fraction of sp³-hybridized carbons (Fsp3) is 0.200. The predicted octanol–water partition coefficient (Wildman–Crippen LogP) is 3.54. The Morgan fingerprint density at radius 1 is 1.18 bits per heavy atom. The highest BCUT2D eigenvalue weighted by atomic mass is 19.1. The van der Waals surface area contributed by atoms with Gasteiger partial charge >= 0.3 is 6.03 Å². The molecule has 0 saturated heterocycles. The van der Waals surface area contributed by atoms with Gasteiger partial charge in [-0.05, 0) is 35.9 Å². The van der Waals surface area contributed by atoms with Gasteiger partial charge in [0.1, 0.15) is 11.6 Å². The highest BCUT2D eigenvalue weighted by Crippen LogP contribution is 2.45. The summed E-state index contributed by atoms with van der Waals surface area (Å²) in [5, 5.41) is 10.2. The van der Waals surface area contributed by atoms with Crippen molar-refractivity contribution in [2.24, 2.45) is 0 Å². The second-order valence-electron chi connectivity index (χ2n) is 6.32. The fourth-order valence-corrected chi connectivity index (χ4v) is 3.40. The standard InChI is InChI=1S/C20H19FN4O3/c1-22-20(26)25-19(23-13-6-4-5-12(21)9-13)15-7-11-8-16(27-2)17(28-3)10-14(11)18(15)24-25/h4-6,8-10,23H,7H2,1-3H3,(H,22,26). The molecule has 1 aliphatic rings. The van der Waals surface area contributed by atoms with Gasteiger partial charge in [-0.25, -0.2) is 9.18 Å². The lowest BCUT2D eigenvalue weighted by Crippen LogP contribution is -2.26. The Labute approximate surface area is 161 Å². The van der Waals surface area contributed by atoms with E-state index in [9.17, 15) is 9.18 Å². The van der Waals surface area contributed by atoms with Crippen molar-refractivity contribution < 1.29 is 18.7 Å². The topological polar surface area (TPSA) is 77.4 Å². The van der Waals surface area contributed by atoms with Crippen molar-refractivity contribution >= 4 is 17.5 Å². The number of aromatic nitrogens is 2. The summed E-state index contributed by atoms with van der Waals surface area (Å²) in [5.41, 5.74) is 3.94. The van der Waals surface area contributed by atoms with Crippen molar-refractivity contribution in [2.75, 3.05) is 26.6 Å². The second-order valence-corrected chi connectivity index (χ2v) is 6.32. The smallest absolute Gasteiger partial charge is 0.343 e. The van der Waals surface area contributed by atoms with Gasteiger partial charge in [-0.1, -0.05) is 6.07 Å². The number of hydrogen-bond donors (Lipinski definition) is 2. The summed E-state index contributed by atoms with van der Waals surface area (Å²) in [6, 6.07) is 9.42. The van der Waals surface area contributed by atoms with Crippen LogP contribution in [0.4, 0.5) is 20.7 Å². The van der Waals surface area contributed by atoms with E-state index in [4.69, 9.17) is 9.47 Å². The number of ether oxygens (including phenoxy) is 2. The molecule has 0 saturated carbocycles. The lowest BCUT2D eigenvalue weighted by molar-refractivity contribution is 0.242. The van der Waals surface area contributed by atoms with Crippen LogP contribution in [0.1, 0.15) is 11.1 Å². The molecular formula is C20H19FN4O3. The van der Waals surface area contributed by atoms with Gasteiger partial charge in [0.25, 0.3) is 0 Å². The lowest BCUT2D eigenvalue weighted by atomic mass is 10.1. The molecule has 2 aromatic carbocycles. The van der Waals surface area contributed by atoms with Crippen LogP contribution >= 0.6 is 0 Å². The van der Waals surface area contributed by atoms with Gasteiger partial charge in [0.05, 0.1) is 19.9 Å². The van der Waals surface area contributed by atoms with Crippen molar-refractivity contribution in [3.8, 4) is 22.8 Å². The van der Waals surface area contributed by atoms with Crippen LogP contribution in [0.25, 0.3) is 11.3 Å². The number of fused-ring (bicyclic) bond motifs is 3. The van der Waals surface area contributed by atoms with Crippen molar-refractivity contribution in [3.05, 3.63) is 53.3 Å². The van der Waals surface area contributed by atoms with Crippen LogP contribution in [0, 0.1) is 5.82 Å². The van der Waals surface area contributed by atoms with E-state index in [0.29, 0.717) is 35.1 Å². The van der Waals surface area contributed by atoms with Gasteiger partial charge in [-0.15, -0.1) is 0 Å². The summed E-state index contributed by atoms with van der Waals surface area (Å²) < 4.78 is 25.6. The Morgan fingerprint density at radius 2 is 1.93 bits per heavy atom. The Balaban J connectivity index is 1.84. The Hall–Kier alpha value is -3.55. The maximum absolute atomic E-state index is 13.6. The Morgan fingerprint density at radius 3 is 2.61 bits per heavy atom. The first kappa shape index (κ1) is 17.8. The van der Waals surface area contributed by atoms with Crippen molar-refractivity contribution in [1.29, 1.82) is 0 Å². The number of carbonyl (C=O) groups is 1. The maximum Gasteiger partial charge on any atom is 0.343 e. The molecule has 0 unspecified atom stereocenters. The number of benzene rings is 2. The molecule has 0 aliphatic heterocycles. The molecule has 0 bridgehead atoms. The highest BCUT2D eigenvalue weighted by Gasteiger charge is 2.30. The minimum Gasteiger partial charge on any atom is -0.493 e. The Bertz CT molecular complexity index is 1080. The summed E-state index contributed by atoms with van der Waals surface area (Å²) in [6.07, 6.45) is 0.555. The number of anilines is 2.